The van der Waals surface area contributed by atoms with Gasteiger partial charge in [-0.15, -0.1) is 11.3 Å². The molecular weight excluding hydrogens is 359 g/mol. The minimum absolute atomic E-state index is 0.0132. The van der Waals surface area contributed by atoms with E-state index >= 15 is 0 Å². The molecule has 1 amide bonds. The van der Waals surface area contributed by atoms with Crippen LogP contribution < -0.4 is 5.73 Å². The molecule has 1 atom stereocenters. The second-order valence-corrected chi connectivity index (χ2v) is 6.83. The van der Waals surface area contributed by atoms with Gasteiger partial charge in [-0.3, -0.25) is 4.79 Å². The van der Waals surface area contributed by atoms with Crippen molar-refractivity contribution in [2.24, 2.45) is 0 Å². The number of pyridine rings is 1. The fourth-order valence-corrected chi connectivity index (χ4v) is 4.14. The third kappa shape index (κ3) is 2.90. The first-order chi connectivity index (χ1) is 11.6. The summed E-state index contributed by atoms with van der Waals surface area (Å²) in [5, 5.41) is 8.89. The Morgan fingerprint density at radius 3 is 2.72 bits per heavy atom. The van der Waals surface area contributed by atoms with Crippen LogP contribution in [0.2, 0.25) is 0 Å². The fraction of sp³-hybridized carbons (Fsp3) is 0.400. The highest BCUT2D eigenvalue weighted by molar-refractivity contribution is 7.21. The van der Waals surface area contributed by atoms with Crippen LogP contribution in [0.5, 0.6) is 0 Å². The molecule has 25 heavy (non-hydrogen) atoms. The monoisotopic (exact) mass is 373 g/mol. The molecule has 1 aliphatic rings. The first-order valence-corrected chi connectivity index (χ1v) is 8.23. The third-order valence-corrected chi connectivity index (χ3v) is 5.21. The zero-order valence-corrected chi connectivity index (χ0v) is 13.9. The maximum absolute atomic E-state index is 13.3. The Morgan fingerprint density at radius 2 is 2.12 bits per heavy atom. The number of thiophene rings is 1. The van der Waals surface area contributed by atoms with Crippen molar-refractivity contribution in [3.8, 4) is 0 Å². The highest BCUT2D eigenvalue weighted by Crippen LogP contribution is 2.42. The van der Waals surface area contributed by atoms with Gasteiger partial charge in [-0.2, -0.15) is 13.2 Å². The molecule has 0 bridgehead atoms. The maximum Gasteiger partial charge on any atom is 0.417 e. The maximum atomic E-state index is 13.3. The van der Waals surface area contributed by atoms with Crippen LogP contribution in [-0.4, -0.2) is 39.5 Å². The predicted octanol–water partition coefficient (Wildman–Crippen LogP) is 2.89. The van der Waals surface area contributed by atoms with E-state index in [1.54, 1.807) is 0 Å². The summed E-state index contributed by atoms with van der Waals surface area (Å²) in [6.45, 7) is 1.65. The van der Waals surface area contributed by atoms with Crippen molar-refractivity contribution in [1.82, 2.24) is 9.88 Å². The predicted molar refractivity (Wildman–Crippen MR) is 85.5 cm³/mol. The molecule has 0 aromatic carbocycles. The number of carbonyl (C=O) groups excluding carboxylic acids is 1. The number of nitrogens with two attached hydrogens (primary N) is 1. The van der Waals surface area contributed by atoms with Crippen LogP contribution in [-0.2, 0) is 11.0 Å². The Bertz CT molecular complexity index is 878. The number of fused-ring (bicyclic) bond motifs is 1. The second kappa shape index (κ2) is 5.87. The average Bonchev–Trinajstić information content (AvgIpc) is 3.10. The van der Waals surface area contributed by atoms with Crippen LogP contribution >= 0.6 is 11.3 Å². The number of alkyl halides is 3. The number of amides is 1. The molecule has 10 heteroatoms. The minimum Gasteiger partial charge on any atom is -0.480 e. The van der Waals surface area contributed by atoms with E-state index in [-0.39, 0.29) is 33.0 Å². The van der Waals surface area contributed by atoms with Gasteiger partial charge in [-0.25, -0.2) is 9.78 Å². The molecular formula is C15H14F3N3O3S. The Kier molecular flexibility index (Phi) is 4.10. The largest absolute Gasteiger partial charge is 0.480 e. The van der Waals surface area contributed by atoms with E-state index in [9.17, 15) is 27.9 Å². The van der Waals surface area contributed by atoms with Gasteiger partial charge in [-0.05, 0) is 25.8 Å². The highest BCUT2D eigenvalue weighted by Gasteiger charge is 2.39. The topological polar surface area (TPSA) is 96.5 Å². The van der Waals surface area contributed by atoms with Gasteiger partial charge < -0.3 is 15.7 Å². The number of carboxylic acids is 1. The molecule has 134 valence electrons. The van der Waals surface area contributed by atoms with E-state index in [1.807, 2.05) is 0 Å². The van der Waals surface area contributed by atoms with Gasteiger partial charge in [0.2, 0.25) is 0 Å². The number of aliphatic carboxylic acids is 1. The Morgan fingerprint density at radius 1 is 1.44 bits per heavy atom. The summed E-state index contributed by atoms with van der Waals surface area (Å²) >= 11 is 0.757. The summed E-state index contributed by atoms with van der Waals surface area (Å²) in [4.78, 5) is 29.0. The summed E-state index contributed by atoms with van der Waals surface area (Å²) in [5.41, 5.74) is 4.76. The van der Waals surface area contributed by atoms with E-state index in [0.29, 0.717) is 12.8 Å². The van der Waals surface area contributed by atoms with Crippen LogP contribution in [0, 0.1) is 6.92 Å². The molecule has 3 N–H and O–H groups in total. The number of hydrogen-bond donors (Lipinski definition) is 2. The summed E-state index contributed by atoms with van der Waals surface area (Å²) in [6.07, 6.45) is -3.82. The zero-order valence-electron chi connectivity index (χ0n) is 13.1. The molecule has 1 saturated heterocycles. The number of hydrogen-bond acceptors (Lipinski definition) is 5. The van der Waals surface area contributed by atoms with Gasteiger partial charge in [-0.1, -0.05) is 0 Å². The van der Waals surface area contributed by atoms with E-state index in [1.165, 1.54) is 6.92 Å². The van der Waals surface area contributed by atoms with Crippen LogP contribution in [0.25, 0.3) is 10.2 Å². The molecule has 1 aliphatic heterocycles. The lowest BCUT2D eigenvalue weighted by Gasteiger charge is -2.20. The van der Waals surface area contributed by atoms with Crippen LogP contribution in [0.15, 0.2) is 6.07 Å². The highest BCUT2D eigenvalue weighted by atomic mass is 32.1. The van der Waals surface area contributed by atoms with Crippen LogP contribution in [0.3, 0.4) is 0 Å². The molecule has 0 unspecified atom stereocenters. The van der Waals surface area contributed by atoms with E-state index in [4.69, 9.17) is 5.73 Å². The number of rotatable bonds is 2. The normalized spacial score (nSPS) is 18.1. The number of anilines is 1. The first kappa shape index (κ1) is 17.5. The number of carboxylic acid groups (broad SMARTS) is 1. The quantitative estimate of drug-likeness (QED) is 0.844. The molecule has 3 rings (SSSR count). The van der Waals surface area contributed by atoms with Crippen LogP contribution in [0.4, 0.5) is 18.9 Å². The van der Waals surface area contributed by atoms with Gasteiger partial charge in [0.25, 0.3) is 5.91 Å². The minimum atomic E-state index is -4.64. The number of nitrogens with zero attached hydrogens (tertiary/aromatic N) is 2. The average molecular weight is 373 g/mol. The van der Waals surface area contributed by atoms with Gasteiger partial charge >= 0.3 is 12.1 Å². The Hall–Kier alpha value is -2.36. The molecule has 0 aliphatic carbocycles. The SMILES string of the molecule is Cc1cc(C(F)(F)F)c2c(N)c(C(=O)N3CCC[C@H]3C(=O)O)sc2n1. The second-order valence-electron chi connectivity index (χ2n) is 5.83. The van der Waals surface area contributed by atoms with Crippen molar-refractivity contribution in [3.63, 3.8) is 0 Å². The first-order valence-electron chi connectivity index (χ1n) is 7.42. The summed E-state index contributed by atoms with van der Waals surface area (Å²) in [5.74, 6) is -1.81. The lowest BCUT2D eigenvalue weighted by atomic mass is 10.1. The van der Waals surface area contributed by atoms with Crippen molar-refractivity contribution in [3.05, 3.63) is 22.2 Å². The molecule has 2 aromatic heterocycles. The molecule has 0 spiro atoms. The van der Waals surface area contributed by atoms with Crippen molar-refractivity contribution >= 4 is 39.1 Å². The third-order valence-electron chi connectivity index (χ3n) is 4.13. The number of nitrogen functional groups attached to an aromatic ring is 1. The Labute approximate surface area is 144 Å². The summed E-state index contributed by atoms with van der Waals surface area (Å²) < 4.78 is 39.9. The van der Waals surface area contributed by atoms with Crippen molar-refractivity contribution in [2.45, 2.75) is 32.0 Å². The zero-order chi connectivity index (χ0) is 18.5. The molecule has 0 saturated carbocycles. The lowest BCUT2D eigenvalue weighted by Crippen LogP contribution is -2.40. The molecule has 3 heterocycles. The van der Waals surface area contributed by atoms with Gasteiger partial charge in [0.15, 0.2) is 0 Å². The standard InChI is InChI=1S/C15H14F3N3O3S/c1-6-5-7(15(16,17)18)9-10(19)11(25-12(9)20-6)13(22)21-4-2-3-8(21)14(23)24/h5,8H,2-4,19H2,1H3,(H,23,24)/t8-/m0/s1. The van der Waals surface area contributed by atoms with E-state index in [2.05, 4.69) is 4.98 Å². The summed E-state index contributed by atoms with van der Waals surface area (Å²) in [7, 11) is 0. The van der Waals surface area contributed by atoms with Gasteiger partial charge in [0.1, 0.15) is 15.7 Å². The molecule has 2 aromatic rings. The van der Waals surface area contributed by atoms with Crippen molar-refractivity contribution in [1.29, 1.82) is 0 Å². The smallest absolute Gasteiger partial charge is 0.417 e. The molecule has 1 fully saturated rings. The lowest BCUT2D eigenvalue weighted by molar-refractivity contribution is -0.141. The number of halogens is 3. The van der Waals surface area contributed by atoms with E-state index in [0.717, 1.165) is 22.3 Å². The molecule has 6 nitrogen and oxygen atoms in total. The van der Waals surface area contributed by atoms with E-state index < -0.39 is 29.7 Å². The number of aromatic nitrogens is 1. The van der Waals surface area contributed by atoms with Crippen molar-refractivity contribution in [2.75, 3.05) is 12.3 Å². The molecule has 0 radical (unpaired) electrons. The van der Waals surface area contributed by atoms with Crippen molar-refractivity contribution < 1.29 is 27.9 Å². The van der Waals surface area contributed by atoms with Gasteiger partial charge in [0, 0.05) is 17.6 Å². The van der Waals surface area contributed by atoms with Gasteiger partial charge in [0.05, 0.1) is 11.3 Å². The summed E-state index contributed by atoms with van der Waals surface area (Å²) in [6, 6.07) is -0.107. The Balaban J connectivity index is 2.14. The van der Waals surface area contributed by atoms with Crippen LogP contribution in [0.1, 0.15) is 33.8 Å². The number of likely N-dealkylation sites (tertiary alicyclic amines) is 1. The fourth-order valence-electron chi connectivity index (χ4n) is 3.02. The number of aryl methyl sites for hydroxylation is 1. The number of carbonyl (C=O) groups is 2.